The van der Waals surface area contributed by atoms with Crippen LogP contribution in [0, 0.1) is 18.3 Å². The van der Waals surface area contributed by atoms with Crippen molar-refractivity contribution in [1.29, 1.82) is 5.26 Å². The van der Waals surface area contributed by atoms with E-state index in [9.17, 15) is 10.1 Å². The molecule has 0 spiro atoms. The molecule has 13 nitrogen and oxygen atoms in total. The maximum Gasteiger partial charge on any atom is 0.316 e. The van der Waals surface area contributed by atoms with Gasteiger partial charge in [-0.2, -0.15) is 10.2 Å². The van der Waals surface area contributed by atoms with Gasteiger partial charge in [-0.1, -0.05) is 5.16 Å². The molecule has 2 aromatic carbocycles. The molecule has 0 aliphatic carbocycles. The van der Waals surface area contributed by atoms with Crippen molar-refractivity contribution in [2.24, 2.45) is 0 Å². The van der Waals surface area contributed by atoms with Crippen LogP contribution < -0.4 is 15.0 Å². The SMILES string of the molecule is Cc1noc(C(=O)N2CC[C@H](Oc3ccc(-c4nccc(Nc5ccc(N6CCN(C7COC7)CC6)cc5)n4)cc3C#N)[C@H](F)C2)n1. The van der Waals surface area contributed by atoms with Gasteiger partial charge in [-0.15, -0.1) is 0 Å². The number of piperazine rings is 1. The van der Waals surface area contributed by atoms with E-state index in [1.807, 2.05) is 12.1 Å². The molecule has 1 N–H and O–H groups in total. The molecule has 0 radical (unpaired) electrons. The summed E-state index contributed by atoms with van der Waals surface area (Å²) in [6.45, 7) is 7.42. The molecule has 2 atom stereocenters. The van der Waals surface area contributed by atoms with Crippen molar-refractivity contribution in [2.75, 3.05) is 62.7 Å². The van der Waals surface area contributed by atoms with Crippen LogP contribution in [-0.2, 0) is 4.74 Å². The lowest BCUT2D eigenvalue weighted by atomic mass is 10.0. The van der Waals surface area contributed by atoms with Gasteiger partial charge in [-0.05, 0) is 55.5 Å². The van der Waals surface area contributed by atoms with E-state index in [0.29, 0.717) is 29.1 Å². The largest absolute Gasteiger partial charge is 0.486 e. The minimum absolute atomic E-state index is 0.170. The van der Waals surface area contributed by atoms with Crippen LogP contribution in [0.15, 0.2) is 59.3 Å². The van der Waals surface area contributed by atoms with E-state index < -0.39 is 18.2 Å². The zero-order chi connectivity index (χ0) is 32.3. The van der Waals surface area contributed by atoms with Crippen molar-refractivity contribution in [1.82, 2.24) is 29.9 Å². The monoisotopic (exact) mass is 639 g/mol. The highest BCUT2D eigenvalue weighted by molar-refractivity contribution is 5.89. The summed E-state index contributed by atoms with van der Waals surface area (Å²) in [5, 5.41) is 16.8. The molecular formula is C33H34FN9O4. The van der Waals surface area contributed by atoms with E-state index in [1.165, 1.54) is 10.6 Å². The number of anilines is 3. The Labute approximate surface area is 270 Å². The maximum absolute atomic E-state index is 15.1. The van der Waals surface area contributed by atoms with Crippen LogP contribution in [0.4, 0.5) is 21.6 Å². The summed E-state index contributed by atoms with van der Waals surface area (Å²) >= 11 is 0. The summed E-state index contributed by atoms with van der Waals surface area (Å²) < 4.78 is 31.4. The van der Waals surface area contributed by atoms with Gasteiger partial charge in [-0.25, -0.2) is 14.4 Å². The molecule has 242 valence electrons. The van der Waals surface area contributed by atoms with Crippen LogP contribution in [0.1, 0.15) is 28.5 Å². The number of aryl methyl sites for hydroxylation is 1. The average molecular weight is 640 g/mol. The third-order valence-corrected chi connectivity index (χ3v) is 8.73. The number of alkyl halides is 1. The second-order valence-corrected chi connectivity index (χ2v) is 11.8. The zero-order valence-electron chi connectivity index (χ0n) is 25.9. The van der Waals surface area contributed by atoms with Crippen molar-refractivity contribution in [3.8, 4) is 23.2 Å². The van der Waals surface area contributed by atoms with E-state index >= 15 is 4.39 Å². The average Bonchev–Trinajstić information content (AvgIpc) is 3.51. The molecule has 7 rings (SSSR count). The highest BCUT2D eigenvalue weighted by Crippen LogP contribution is 2.29. The van der Waals surface area contributed by atoms with Crippen LogP contribution in [0.3, 0.4) is 0 Å². The normalized spacial score (nSPS) is 20.4. The van der Waals surface area contributed by atoms with Gasteiger partial charge in [0.05, 0.1) is 31.4 Å². The topological polar surface area (TPSA) is 146 Å². The van der Waals surface area contributed by atoms with E-state index in [-0.39, 0.29) is 36.7 Å². The van der Waals surface area contributed by atoms with Gasteiger partial charge in [0.15, 0.2) is 17.8 Å². The number of ether oxygens (including phenoxy) is 2. The smallest absolute Gasteiger partial charge is 0.316 e. The van der Waals surface area contributed by atoms with Crippen molar-refractivity contribution in [3.63, 3.8) is 0 Å². The Balaban J connectivity index is 0.965. The number of benzene rings is 2. The highest BCUT2D eigenvalue weighted by atomic mass is 19.1. The first kappa shape index (κ1) is 30.5. The van der Waals surface area contributed by atoms with E-state index in [1.54, 1.807) is 37.4 Å². The fourth-order valence-electron chi connectivity index (χ4n) is 5.99. The first-order chi connectivity index (χ1) is 22.9. The number of amides is 1. The van der Waals surface area contributed by atoms with Gasteiger partial charge in [0.1, 0.15) is 23.7 Å². The predicted molar refractivity (Wildman–Crippen MR) is 169 cm³/mol. The van der Waals surface area contributed by atoms with E-state index in [4.69, 9.17) is 14.0 Å². The summed E-state index contributed by atoms with van der Waals surface area (Å²) in [4.78, 5) is 31.8. The standard InChI is InChI=1S/C33H34FN9O4/c1-21-37-32(47-40-21)33(44)43-11-9-29(27(34)18-43)46-28-7-2-22(16-23(28)17-35)31-36-10-8-30(39-31)38-24-3-5-25(6-4-24)41-12-14-42(15-13-41)26-19-45-20-26/h2-8,10,16,26-27,29H,9,11-15,18-20H2,1H3,(H,36,38,39)/t27-,29+/m1/s1. The summed E-state index contributed by atoms with van der Waals surface area (Å²) in [5.74, 6) is 0.924. The Morgan fingerprint density at radius 2 is 1.87 bits per heavy atom. The summed E-state index contributed by atoms with van der Waals surface area (Å²) in [5.41, 5.74) is 2.93. The van der Waals surface area contributed by atoms with Gasteiger partial charge < -0.3 is 29.1 Å². The molecule has 0 saturated carbocycles. The number of hydrogen-bond acceptors (Lipinski definition) is 12. The molecular weight excluding hydrogens is 605 g/mol. The third-order valence-electron chi connectivity index (χ3n) is 8.73. The molecule has 3 saturated heterocycles. The van der Waals surface area contributed by atoms with Gasteiger partial charge in [0, 0.05) is 62.3 Å². The second-order valence-electron chi connectivity index (χ2n) is 11.8. The van der Waals surface area contributed by atoms with Gasteiger partial charge in [0.2, 0.25) is 0 Å². The quantitative estimate of drug-likeness (QED) is 0.301. The van der Waals surface area contributed by atoms with E-state index in [2.05, 4.69) is 53.4 Å². The maximum atomic E-state index is 15.1. The highest BCUT2D eigenvalue weighted by Gasteiger charge is 2.35. The third kappa shape index (κ3) is 6.72. The number of piperidine rings is 1. The predicted octanol–water partition coefficient (Wildman–Crippen LogP) is 3.60. The second kappa shape index (κ2) is 13.3. The number of nitrogens with one attached hydrogen (secondary N) is 1. The molecule has 2 aromatic heterocycles. The molecule has 3 aliphatic heterocycles. The molecule has 0 bridgehead atoms. The Bertz CT molecular complexity index is 1770. The Kier molecular flexibility index (Phi) is 8.64. The van der Waals surface area contributed by atoms with Gasteiger partial charge in [-0.3, -0.25) is 9.69 Å². The molecule has 14 heteroatoms. The lowest BCUT2D eigenvalue weighted by Crippen LogP contribution is -2.56. The lowest BCUT2D eigenvalue weighted by Gasteiger charge is -2.43. The Morgan fingerprint density at radius 1 is 1.06 bits per heavy atom. The number of halogens is 1. The number of carbonyl (C=O) groups is 1. The van der Waals surface area contributed by atoms with E-state index in [0.717, 1.165) is 45.1 Å². The zero-order valence-corrected chi connectivity index (χ0v) is 25.9. The number of aromatic nitrogens is 4. The summed E-state index contributed by atoms with van der Waals surface area (Å²) in [6.07, 6.45) is -0.415. The van der Waals surface area contributed by atoms with Crippen molar-refractivity contribution in [3.05, 3.63) is 72.0 Å². The minimum atomic E-state index is -1.47. The first-order valence-corrected chi connectivity index (χ1v) is 15.7. The van der Waals surface area contributed by atoms with Crippen LogP contribution in [0.5, 0.6) is 5.75 Å². The Hall–Kier alpha value is -5.13. The van der Waals surface area contributed by atoms with Gasteiger partial charge in [0.25, 0.3) is 0 Å². The Morgan fingerprint density at radius 3 is 2.55 bits per heavy atom. The first-order valence-electron chi connectivity index (χ1n) is 15.7. The van der Waals surface area contributed by atoms with Crippen molar-refractivity contribution < 1.29 is 23.2 Å². The van der Waals surface area contributed by atoms with Crippen LogP contribution in [-0.4, -0.2) is 107 Å². The number of nitriles is 1. The fraction of sp³-hybridized carbons (Fsp3) is 0.394. The van der Waals surface area contributed by atoms with Crippen molar-refractivity contribution in [2.45, 2.75) is 31.7 Å². The molecule has 3 aliphatic rings. The molecule has 5 heterocycles. The minimum Gasteiger partial charge on any atom is -0.486 e. The fourth-order valence-corrected chi connectivity index (χ4v) is 5.99. The molecule has 3 fully saturated rings. The van der Waals surface area contributed by atoms with Crippen LogP contribution >= 0.6 is 0 Å². The lowest BCUT2D eigenvalue weighted by molar-refractivity contribution is -0.0660. The number of rotatable bonds is 8. The number of likely N-dealkylation sites (tertiary alicyclic amines) is 1. The summed E-state index contributed by atoms with van der Waals surface area (Å²) in [6, 6.07) is 17.8. The van der Waals surface area contributed by atoms with Gasteiger partial charge >= 0.3 is 11.8 Å². The van der Waals surface area contributed by atoms with Crippen molar-refractivity contribution >= 4 is 23.1 Å². The summed E-state index contributed by atoms with van der Waals surface area (Å²) in [7, 11) is 0. The van der Waals surface area contributed by atoms with Crippen LogP contribution in [0.25, 0.3) is 11.4 Å². The molecule has 4 aromatic rings. The molecule has 47 heavy (non-hydrogen) atoms. The van der Waals surface area contributed by atoms with Crippen LogP contribution in [0.2, 0.25) is 0 Å². The number of hydrogen-bond donors (Lipinski definition) is 1. The molecule has 0 unspecified atom stereocenters. The number of carbonyl (C=O) groups excluding carboxylic acids is 1. The number of nitrogens with zero attached hydrogens (tertiary/aromatic N) is 8. The molecule has 1 amide bonds.